The van der Waals surface area contributed by atoms with Gasteiger partial charge in [-0.2, -0.15) is 0 Å². The lowest BCUT2D eigenvalue weighted by atomic mass is 10.1. The molecule has 140 valence electrons. The molecule has 4 nitrogen and oxygen atoms in total. The first kappa shape index (κ1) is 17.7. The van der Waals surface area contributed by atoms with Gasteiger partial charge in [0.25, 0.3) is 5.91 Å². The third-order valence-electron chi connectivity index (χ3n) is 4.21. The Morgan fingerprint density at radius 2 is 1.68 bits per heavy atom. The Morgan fingerprint density at radius 3 is 2.46 bits per heavy atom. The summed E-state index contributed by atoms with van der Waals surface area (Å²) >= 11 is 0. The van der Waals surface area contributed by atoms with E-state index < -0.39 is 17.5 Å². The first-order chi connectivity index (χ1) is 13.6. The number of fused-ring (bicyclic) bond motifs is 1. The van der Waals surface area contributed by atoms with E-state index in [0.29, 0.717) is 16.9 Å². The van der Waals surface area contributed by atoms with Crippen molar-refractivity contribution >= 4 is 22.6 Å². The van der Waals surface area contributed by atoms with Gasteiger partial charge in [0.15, 0.2) is 17.4 Å². The molecular weight excluding hydrogens is 364 g/mol. The van der Waals surface area contributed by atoms with E-state index in [9.17, 15) is 13.6 Å². The number of carbonyl (C=O) groups is 1. The summed E-state index contributed by atoms with van der Waals surface area (Å²) in [7, 11) is 0. The molecule has 0 fully saturated rings. The molecular formula is C22H15F2NO3. The van der Waals surface area contributed by atoms with E-state index in [4.69, 9.17) is 9.15 Å². The smallest absolute Gasteiger partial charge is 0.291 e. The van der Waals surface area contributed by atoms with Gasteiger partial charge in [0, 0.05) is 22.7 Å². The second kappa shape index (κ2) is 7.52. The van der Waals surface area contributed by atoms with Crippen molar-refractivity contribution in [1.82, 2.24) is 0 Å². The Morgan fingerprint density at radius 1 is 0.929 bits per heavy atom. The SMILES string of the molecule is O=C(Nc1ccc(F)c(F)c1)c1oc2ccccc2c1COc1ccccc1. The third kappa shape index (κ3) is 3.57. The van der Waals surface area contributed by atoms with Crippen molar-refractivity contribution in [1.29, 1.82) is 0 Å². The van der Waals surface area contributed by atoms with E-state index in [0.717, 1.165) is 17.5 Å². The van der Waals surface area contributed by atoms with Crippen molar-refractivity contribution in [2.75, 3.05) is 5.32 Å². The van der Waals surface area contributed by atoms with Crippen LogP contribution in [-0.4, -0.2) is 5.91 Å². The maximum Gasteiger partial charge on any atom is 0.291 e. The predicted octanol–water partition coefficient (Wildman–Crippen LogP) is 5.54. The molecule has 0 unspecified atom stereocenters. The molecule has 0 aliphatic heterocycles. The fourth-order valence-corrected chi connectivity index (χ4v) is 2.86. The molecule has 4 aromatic rings. The van der Waals surface area contributed by atoms with Gasteiger partial charge in [0.2, 0.25) is 0 Å². The summed E-state index contributed by atoms with van der Waals surface area (Å²) in [5.41, 5.74) is 1.23. The Bertz CT molecular complexity index is 1140. The zero-order valence-corrected chi connectivity index (χ0v) is 14.6. The Kier molecular flexibility index (Phi) is 4.76. The molecule has 4 rings (SSSR count). The van der Waals surface area contributed by atoms with Crippen molar-refractivity contribution in [3.63, 3.8) is 0 Å². The highest BCUT2D eigenvalue weighted by Crippen LogP contribution is 2.28. The number of benzene rings is 3. The number of carbonyl (C=O) groups excluding carboxylic acids is 1. The van der Waals surface area contributed by atoms with E-state index in [-0.39, 0.29) is 18.1 Å². The van der Waals surface area contributed by atoms with Gasteiger partial charge in [-0.15, -0.1) is 0 Å². The van der Waals surface area contributed by atoms with Gasteiger partial charge in [-0.3, -0.25) is 4.79 Å². The van der Waals surface area contributed by atoms with Crippen LogP contribution in [0.25, 0.3) is 11.0 Å². The van der Waals surface area contributed by atoms with Crippen molar-refractivity contribution in [3.8, 4) is 5.75 Å². The number of furan rings is 1. The molecule has 1 aromatic heterocycles. The van der Waals surface area contributed by atoms with Gasteiger partial charge >= 0.3 is 0 Å². The molecule has 6 heteroatoms. The lowest BCUT2D eigenvalue weighted by molar-refractivity contribution is 0.0995. The van der Waals surface area contributed by atoms with Crippen LogP contribution < -0.4 is 10.1 Å². The quantitative estimate of drug-likeness (QED) is 0.495. The average molecular weight is 379 g/mol. The standard InChI is InChI=1S/C22H15F2NO3/c23-18-11-10-14(12-19(18)24)25-22(26)21-17(13-27-15-6-2-1-3-7-15)16-8-4-5-9-20(16)28-21/h1-12H,13H2,(H,25,26). The average Bonchev–Trinajstić information content (AvgIpc) is 3.09. The van der Waals surface area contributed by atoms with Crippen LogP contribution in [-0.2, 0) is 6.61 Å². The topological polar surface area (TPSA) is 51.5 Å². The van der Waals surface area contributed by atoms with E-state index in [1.807, 2.05) is 42.5 Å². The number of halogens is 2. The summed E-state index contributed by atoms with van der Waals surface area (Å²) in [6, 6.07) is 19.5. The summed E-state index contributed by atoms with van der Waals surface area (Å²) < 4.78 is 38.0. The summed E-state index contributed by atoms with van der Waals surface area (Å²) in [4.78, 5) is 12.7. The van der Waals surface area contributed by atoms with E-state index in [1.165, 1.54) is 6.07 Å². The van der Waals surface area contributed by atoms with Gasteiger partial charge in [0.1, 0.15) is 17.9 Å². The molecule has 3 aromatic carbocycles. The zero-order chi connectivity index (χ0) is 19.5. The summed E-state index contributed by atoms with van der Waals surface area (Å²) in [6.07, 6.45) is 0. The third-order valence-corrected chi connectivity index (χ3v) is 4.21. The van der Waals surface area contributed by atoms with E-state index in [2.05, 4.69) is 5.32 Å². The monoisotopic (exact) mass is 379 g/mol. The molecule has 0 atom stereocenters. The number of hydrogen-bond acceptors (Lipinski definition) is 3. The highest BCUT2D eigenvalue weighted by Gasteiger charge is 2.21. The number of anilines is 1. The number of hydrogen-bond donors (Lipinski definition) is 1. The van der Waals surface area contributed by atoms with Crippen molar-refractivity contribution < 1.29 is 22.7 Å². The molecule has 0 radical (unpaired) electrons. The van der Waals surface area contributed by atoms with Crippen LogP contribution >= 0.6 is 0 Å². The number of amides is 1. The van der Waals surface area contributed by atoms with E-state index in [1.54, 1.807) is 12.1 Å². The minimum Gasteiger partial charge on any atom is -0.489 e. The second-order valence-electron chi connectivity index (χ2n) is 6.09. The molecule has 1 heterocycles. The minimum absolute atomic E-state index is 0.0573. The molecule has 0 aliphatic carbocycles. The Balaban J connectivity index is 1.65. The summed E-state index contributed by atoms with van der Waals surface area (Å²) in [5, 5.41) is 3.28. The fourth-order valence-electron chi connectivity index (χ4n) is 2.86. The maximum absolute atomic E-state index is 13.4. The minimum atomic E-state index is -1.05. The lowest BCUT2D eigenvalue weighted by Crippen LogP contribution is -2.14. The molecule has 0 spiro atoms. The van der Waals surface area contributed by atoms with Crippen LogP contribution in [0.4, 0.5) is 14.5 Å². The zero-order valence-electron chi connectivity index (χ0n) is 14.6. The molecule has 28 heavy (non-hydrogen) atoms. The number of nitrogens with one attached hydrogen (secondary N) is 1. The summed E-state index contributed by atoms with van der Waals surface area (Å²) in [5.74, 6) is -1.90. The van der Waals surface area contributed by atoms with Gasteiger partial charge in [0.05, 0.1) is 0 Å². The molecule has 1 amide bonds. The molecule has 0 saturated heterocycles. The molecule has 0 saturated carbocycles. The van der Waals surface area contributed by atoms with Crippen LogP contribution in [0.5, 0.6) is 5.75 Å². The Hall–Kier alpha value is -3.67. The van der Waals surface area contributed by atoms with Crippen LogP contribution in [0.2, 0.25) is 0 Å². The van der Waals surface area contributed by atoms with Gasteiger partial charge in [-0.25, -0.2) is 8.78 Å². The van der Waals surface area contributed by atoms with E-state index >= 15 is 0 Å². The number of rotatable bonds is 5. The largest absolute Gasteiger partial charge is 0.489 e. The second-order valence-corrected chi connectivity index (χ2v) is 6.09. The van der Waals surface area contributed by atoms with Gasteiger partial charge < -0.3 is 14.5 Å². The number of ether oxygens (including phenoxy) is 1. The molecule has 0 aliphatic rings. The molecule has 0 bridgehead atoms. The highest BCUT2D eigenvalue weighted by atomic mass is 19.2. The Labute approximate surface area is 159 Å². The van der Waals surface area contributed by atoms with Gasteiger partial charge in [-0.05, 0) is 30.3 Å². The normalized spacial score (nSPS) is 10.8. The lowest BCUT2D eigenvalue weighted by Gasteiger charge is -2.08. The molecule has 1 N–H and O–H groups in total. The number of para-hydroxylation sites is 2. The first-order valence-corrected chi connectivity index (χ1v) is 8.56. The predicted molar refractivity (Wildman–Crippen MR) is 101 cm³/mol. The van der Waals surface area contributed by atoms with Crippen LogP contribution in [0.3, 0.4) is 0 Å². The van der Waals surface area contributed by atoms with Crippen LogP contribution in [0.15, 0.2) is 77.2 Å². The highest BCUT2D eigenvalue weighted by molar-refractivity contribution is 6.06. The maximum atomic E-state index is 13.4. The van der Waals surface area contributed by atoms with Crippen LogP contribution in [0, 0.1) is 11.6 Å². The van der Waals surface area contributed by atoms with Crippen LogP contribution in [0.1, 0.15) is 16.1 Å². The van der Waals surface area contributed by atoms with Crippen molar-refractivity contribution in [2.45, 2.75) is 6.61 Å². The van der Waals surface area contributed by atoms with Gasteiger partial charge in [-0.1, -0.05) is 36.4 Å². The first-order valence-electron chi connectivity index (χ1n) is 8.56. The van der Waals surface area contributed by atoms with Crippen molar-refractivity contribution in [2.24, 2.45) is 0 Å². The fraction of sp³-hybridized carbons (Fsp3) is 0.0455. The summed E-state index contributed by atoms with van der Waals surface area (Å²) in [6.45, 7) is 0.113. The van der Waals surface area contributed by atoms with Crippen molar-refractivity contribution in [3.05, 3.63) is 95.8 Å².